The molecule has 15 heavy (non-hydrogen) atoms. The van der Waals surface area contributed by atoms with Crippen molar-refractivity contribution in [2.75, 3.05) is 0 Å². The molecule has 0 aliphatic heterocycles. The minimum atomic E-state index is -0.608. The average Bonchev–Trinajstić information content (AvgIpc) is 2.31. The topological polar surface area (TPSA) is 77.9 Å². The lowest BCUT2D eigenvalue weighted by molar-refractivity contribution is 0.0726. The van der Waals surface area contributed by atoms with Gasteiger partial charge < -0.3 is 4.74 Å². The molecule has 0 fully saturated rings. The molecule has 0 spiro atoms. The van der Waals surface area contributed by atoms with Crippen LogP contribution in [0.3, 0.4) is 0 Å². The fourth-order valence-electron chi connectivity index (χ4n) is 0.908. The van der Waals surface area contributed by atoms with Crippen LogP contribution in [0.1, 0.15) is 10.5 Å². The minimum absolute atomic E-state index is 0.0568. The van der Waals surface area contributed by atoms with Gasteiger partial charge in [-0.2, -0.15) is 0 Å². The van der Waals surface area contributed by atoms with Crippen LogP contribution in [0.15, 0.2) is 37.1 Å². The monoisotopic (exact) mass is 202 g/mol. The van der Waals surface area contributed by atoms with E-state index in [1.54, 1.807) is 18.3 Å². The summed E-state index contributed by atoms with van der Waals surface area (Å²) in [5, 5.41) is 7.04. The Morgan fingerprint density at radius 2 is 2.20 bits per heavy atom. The third-order valence-corrected chi connectivity index (χ3v) is 1.53. The van der Waals surface area contributed by atoms with Crippen LogP contribution in [0.5, 0.6) is 5.75 Å². The molecule has 0 bridgehead atoms. The van der Waals surface area contributed by atoms with Gasteiger partial charge in [-0.3, -0.25) is 4.98 Å². The number of carbonyl (C=O) groups is 1. The fraction of sp³-hybridized carbons (Fsp3) is 0. The summed E-state index contributed by atoms with van der Waals surface area (Å²) >= 11 is 0. The minimum Gasteiger partial charge on any atom is -0.420 e. The molecular weight excluding hydrogens is 196 g/mol. The highest BCUT2D eigenvalue weighted by Crippen LogP contribution is 2.07. The quantitative estimate of drug-likeness (QED) is 0.659. The molecule has 0 saturated heterocycles. The van der Waals surface area contributed by atoms with Crippen molar-refractivity contribution in [3.05, 3.63) is 42.7 Å². The second-order valence-corrected chi connectivity index (χ2v) is 2.57. The highest BCUT2D eigenvalue weighted by Gasteiger charge is 2.10. The van der Waals surface area contributed by atoms with Gasteiger partial charge in [0, 0.05) is 6.20 Å². The molecule has 0 saturated carbocycles. The van der Waals surface area contributed by atoms with Crippen molar-refractivity contribution in [3.8, 4) is 5.75 Å². The van der Waals surface area contributed by atoms with E-state index in [9.17, 15) is 4.79 Å². The van der Waals surface area contributed by atoms with E-state index in [1.165, 1.54) is 18.7 Å². The molecule has 0 radical (unpaired) electrons. The Balaban J connectivity index is 2.12. The van der Waals surface area contributed by atoms with Crippen molar-refractivity contribution in [2.45, 2.75) is 0 Å². The molecule has 0 aromatic carbocycles. The molecule has 0 N–H and O–H groups in total. The number of rotatable bonds is 2. The van der Waals surface area contributed by atoms with Crippen LogP contribution in [-0.4, -0.2) is 26.1 Å². The summed E-state index contributed by atoms with van der Waals surface area (Å²) in [5.74, 6) is -0.253. The highest BCUT2D eigenvalue weighted by molar-refractivity contribution is 5.88. The second-order valence-electron chi connectivity index (χ2n) is 2.57. The van der Waals surface area contributed by atoms with E-state index >= 15 is 0 Å². The van der Waals surface area contributed by atoms with Crippen LogP contribution in [0.4, 0.5) is 0 Å². The number of aromatic nitrogens is 4. The van der Waals surface area contributed by atoms with Crippen LogP contribution in [-0.2, 0) is 0 Å². The maximum atomic E-state index is 11.4. The van der Waals surface area contributed by atoms with Crippen LogP contribution in [0.2, 0.25) is 0 Å². The Hall–Kier alpha value is -2.37. The largest absolute Gasteiger partial charge is 0.420 e. The van der Waals surface area contributed by atoms with E-state index in [4.69, 9.17) is 4.74 Å². The molecule has 2 heterocycles. The van der Waals surface area contributed by atoms with E-state index in [0.29, 0.717) is 5.75 Å². The zero-order valence-electron chi connectivity index (χ0n) is 7.57. The van der Waals surface area contributed by atoms with Gasteiger partial charge in [0.25, 0.3) is 0 Å². The van der Waals surface area contributed by atoms with Crippen LogP contribution >= 0.6 is 0 Å². The molecule has 0 unspecified atom stereocenters. The van der Waals surface area contributed by atoms with Crippen molar-refractivity contribution in [1.82, 2.24) is 20.2 Å². The number of hydrogen-bond donors (Lipinski definition) is 0. The van der Waals surface area contributed by atoms with Gasteiger partial charge >= 0.3 is 5.97 Å². The van der Waals surface area contributed by atoms with Gasteiger partial charge in [-0.25, -0.2) is 9.78 Å². The number of nitrogens with zero attached hydrogens (tertiary/aromatic N) is 4. The summed E-state index contributed by atoms with van der Waals surface area (Å²) in [6.07, 6.45) is 5.54. The van der Waals surface area contributed by atoms with Crippen LogP contribution < -0.4 is 4.74 Å². The lowest BCUT2D eigenvalue weighted by Gasteiger charge is -2.00. The molecule has 0 aliphatic carbocycles. The number of carbonyl (C=O) groups excluding carboxylic acids is 1. The third-order valence-electron chi connectivity index (χ3n) is 1.53. The predicted molar refractivity (Wildman–Crippen MR) is 49.0 cm³/mol. The number of esters is 1. The molecule has 6 heteroatoms. The fourth-order valence-corrected chi connectivity index (χ4v) is 0.908. The molecule has 2 aromatic heterocycles. The van der Waals surface area contributed by atoms with Gasteiger partial charge in [0.1, 0.15) is 12.1 Å². The SMILES string of the molecule is O=C(Oc1cccnc1)c1cncnn1. The molecule has 2 rings (SSSR count). The summed E-state index contributed by atoms with van der Waals surface area (Å²) in [7, 11) is 0. The number of hydrogen-bond acceptors (Lipinski definition) is 6. The Bertz CT molecular complexity index is 446. The Morgan fingerprint density at radius 1 is 1.27 bits per heavy atom. The van der Waals surface area contributed by atoms with Crippen molar-refractivity contribution in [1.29, 1.82) is 0 Å². The van der Waals surface area contributed by atoms with E-state index < -0.39 is 5.97 Å². The van der Waals surface area contributed by atoms with Gasteiger partial charge in [0.2, 0.25) is 0 Å². The summed E-state index contributed by atoms with van der Waals surface area (Å²) in [6.45, 7) is 0. The molecule has 74 valence electrons. The first-order valence-electron chi connectivity index (χ1n) is 4.11. The van der Waals surface area contributed by atoms with Gasteiger partial charge in [0.05, 0.1) is 12.4 Å². The Morgan fingerprint density at radius 3 is 2.87 bits per heavy atom. The van der Waals surface area contributed by atoms with Crippen molar-refractivity contribution < 1.29 is 9.53 Å². The second kappa shape index (κ2) is 4.23. The molecular formula is C9H6N4O2. The first kappa shape index (κ1) is 9.20. The predicted octanol–water partition coefficient (Wildman–Crippen LogP) is 0.486. The van der Waals surface area contributed by atoms with E-state index in [2.05, 4.69) is 20.2 Å². The lowest BCUT2D eigenvalue weighted by Crippen LogP contribution is -2.11. The lowest BCUT2D eigenvalue weighted by atomic mass is 10.4. The highest BCUT2D eigenvalue weighted by atomic mass is 16.5. The maximum Gasteiger partial charge on any atom is 0.365 e. The zero-order valence-corrected chi connectivity index (χ0v) is 7.57. The van der Waals surface area contributed by atoms with Crippen molar-refractivity contribution in [2.24, 2.45) is 0 Å². The molecule has 0 aliphatic rings. The van der Waals surface area contributed by atoms with E-state index in [-0.39, 0.29) is 5.69 Å². The molecule has 0 amide bonds. The number of ether oxygens (including phenoxy) is 1. The van der Waals surface area contributed by atoms with E-state index in [1.807, 2.05) is 0 Å². The Labute approximate surface area is 85.0 Å². The van der Waals surface area contributed by atoms with Gasteiger partial charge in [-0.1, -0.05) is 0 Å². The average molecular weight is 202 g/mol. The van der Waals surface area contributed by atoms with Crippen molar-refractivity contribution >= 4 is 5.97 Å². The first-order valence-corrected chi connectivity index (χ1v) is 4.11. The molecule has 6 nitrogen and oxygen atoms in total. The van der Waals surface area contributed by atoms with Crippen LogP contribution in [0.25, 0.3) is 0 Å². The molecule has 2 aromatic rings. The summed E-state index contributed by atoms with van der Waals surface area (Å²) in [5.41, 5.74) is 0.0568. The standard InChI is InChI=1S/C9H6N4O2/c14-9(8-5-11-6-12-13-8)15-7-2-1-3-10-4-7/h1-6H. The van der Waals surface area contributed by atoms with Gasteiger partial charge in [0.15, 0.2) is 5.69 Å². The summed E-state index contributed by atoms with van der Waals surface area (Å²) in [4.78, 5) is 18.9. The third kappa shape index (κ3) is 2.31. The smallest absolute Gasteiger partial charge is 0.365 e. The summed E-state index contributed by atoms with van der Waals surface area (Å²) in [6, 6.07) is 3.28. The van der Waals surface area contributed by atoms with E-state index in [0.717, 1.165) is 0 Å². The van der Waals surface area contributed by atoms with Gasteiger partial charge in [-0.05, 0) is 12.1 Å². The van der Waals surface area contributed by atoms with Gasteiger partial charge in [-0.15, -0.1) is 10.2 Å². The normalized spacial score (nSPS) is 9.60. The van der Waals surface area contributed by atoms with Crippen LogP contribution in [0, 0.1) is 0 Å². The summed E-state index contributed by atoms with van der Waals surface area (Å²) < 4.78 is 4.96. The number of pyridine rings is 1. The zero-order chi connectivity index (χ0) is 10.5. The van der Waals surface area contributed by atoms with Crippen molar-refractivity contribution in [3.63, 3.8) is 0 Å². The first-order chi connectivity index (χ1) is 7.36. The molecule has 0 atom stereocenters. The maximum absolute atomic E-state index is 11.4. The Kier molecular flexibility index (Phi) is 2.59.